The Hall–Kier alpha value is -2.72. The smallest absolute Gasteiger partial charge is 0.216 e. The molecule has 0 saturated carbocycles. The highest BCUT2D eigenvalue weighted by Crippen LogP contribution is 2.31. The summed E-state index contributed by atoms with van der Waals surface area (Å²) in [6, 6.07) is 19.4. The molecule has 1 amide bonds. The van der Waals surface area contributed by atoms with Gasteiger partial charge in [-0.2, -0.15) is 0 Å². The average Bonchev–Trinajstić information content (AvgIpc) is 2.66. The molecule has 0 radical (unpaired) electrons. The van der Waals surface area contributed by atoms with Crippen molar-refractivity contribution in [2.75, 3.05) is 13.2 Å². The number of halogens is 1. The Labute approximate surface area is 157 Å². The summed E-state index contributed by atoms with van der Waals surface area (Å²) in [5, 5.41) is 5.39. The summed E-state index contributed by atoms with van der Waals surface area (Å²) in [5.41, 5.74) is 1.04. The molecule has 26 heavy (non-hydrogen) atoms. The van der Waals surface area contributed by atoms with Crippen LogP contribution in [-0.4, -0.2) is 19.1 Å². The molecule has 0 aliphatic rings. The number of hydrogen-bond acceptors (Lipinski definition) is 3. The maximum absolute atomic E-state index is 10.8. The Morgan fingerprint density at radius 1 is 0.962 bits per heavy atom. The minimum absolute atomic E-state index is 0.0594. The van der Waals surface area contributed by atoms with Gasteiger partial charge in [0.25, 0.3) is 0 Å². The summed E-state index contributed by atoms with van der Waals surface area (Å²) >= 11 is 6.24. The number of rotatable bonds is 7. The van der Waals surface area contributed by atoms with Crippen molar-refractivity contribution in [3.8, 4) is 11.5 Å². The van der Waals surface area contributed by atoms with Gasteiger partial charge in [-0.25, -0.2) is 0 Å². The van der Waals surface area contributed by atoms with Crippen LogP contribution in [0.25, 0.3) is 10.8 Å². The van der Waals surface area contributed by atoms with Gasteiger partial charge < -0.3 is 14.8 Å². The van der Waals surface area contributed by atoms with Crippen LogP contribution in [0.15, 0.2) is 60.7 Å². The molecule has 134 valence electrons. The molecule has 5 heteroatoms. The summed E-state index contributed by atoms with van der Waals surface area (Å²) < 4.78 is 11.6. The average molecular weight is 370 g/mol. The van der Waals surface area contributed by atoms with E-state index in [0.717, 1.165) is 27.8 Å². The van der Waals surface area contributed by atoms with Gasteiger partial charge in [-0.05, 0) is 29.8 Å². The van der Waals surface area contributed by atoms with Crippen LogP contribution in [0.5, 0.6) is 11.5 Å². The van der Waals surface area contributed by atoms with E-state index in [4.69, 9.17) is 21.1 Å². The third-order valence-electron chi connectivity index (χ3n) is 3.89. The number of carbonyl (C=O) groups is 1. The van der Waals surface area contributed by atoms with E-state index < -0.39 is 0 Å². The van der Waals surface area contributed by atoms with Crippen LogP contribution in [0, 0.1) is 0 Å². The lowest BCUT2D eigenvalue weighted by Gasteiger charge is -2.11. The largest absolute Gasteiger partial charge is 0.492 e. The number of amides is 1. The van der Waals surface area contributed by atoms with E-state index in [2.05, 4.69) is 5.32 Å². The fraction of sp³-hybridized carbons (Fsp3) is 0.190. The molecule has 3 aromatic carbocycles. The van der Waals surface area contributed by atoms with E-state index in [9.17, 15) is 4.79 Å². The van der Waals surface area contributed by atoms with Crippen molar-refractivity contribution in [1.29, 1.82) is 0 Å². The quantitative estimate of drug-likeness (QED) is 0.620. The van der Waals surface area contributed by atoms with E-state index >= 15 is 0 Å². The Balaban J connectivity index is 1.59. The molecule has 0 aliphatic heterocycles. The molecule has 0 saturated heterocycles. The first-order valence-corrected chi connectivity index (χ1v) is 8.77. The molecule has 0 aromatic heterocycles. The van der Waals surface area contributed by atoms with Crippen LogP contribution >= 0.6 is 11.6 Å². The van der Waals surface area contributed by atoms with Gasteiger partial charge in [0.1, 0.15) is 24.7 Å². The number of ether oxygens (including phenoxy) is 2. The summed E-state index contributed by atoms with van der Waals surface area (Å²) in [4.78, 5) is 10.8. The maximum Gasteiger partial charge on any atom is 0.216 e. The highest BCUT2D eigenvalue weighted by Gasteiger charge is 2.06. The van der Waals surface area contributed by atoms with E-state index in [1.165, 1.54) is 6.92 Å². The Bertz CT molecular complexity index is 893. The van der Waals surface area contributed by atoms with Gasteiger partial charge in [-0.3, -0.25) is 4.79 Å². The second kappa shape index (κ2) is 8.59. The molecule has 0 aliphatic carbocycles. The second-order valence-corrected chi connectivity index (χ2v) is 6.26. The van der Waals surface area contributed by atoms with Crippen molar-refractivity contribution in [1.82, 2.24) is 5.32 Å². The molecule has 0 fully saturated rings. The fourth-order valence-corrected chi connectivity index (χ4v) is 2.83. The Kier molecular flexibility index (Phi) is 5.97. The summed E-state index contributed by atoms with van der Waals surface area (Å²) in [6.45, 7) is 2.87. The molecular weight excluding hydrogens is 350 g/mol. The van der Waals surface area contributed by atoms with Crippen LogP contribution in [-0.2, 0) is 11.4 Å². The lowest BCUT2D eigenvalue weighted by atomic mass is 10.1. The molecule has 3 rings (SSSR count). The van der Waals surface area contributed by atoms with E-state index in [1.54, 1.807) is 0 Å². The lowest BCUT2D eigenvalue weighted by Crippen LogP contribution is -2.25. The van der Waals surface area contributed by atoms with Crippen molar-refractivity contribution in [3.63, 3.8) is 0 Å². The van der Waals surface area contributed by atoms with Crippen molar-refractivity contribution in [3.05, 3.63) is 71.2 Å². The molecule has 0 bridgehead atoms. The zero-order valence-electron chi connectivity index (χ0n) is 14.5. The normalized spacial score (nSPS) is 10.5. The molecule has 3 aromatic rings. The summed E-state index contributed by atoms with van der Waals surface area (Å²) in [5.74, 6) is 1.51. The zero-order chi connectivity index (χ0) is 18.4. The molecule has 0 heterocycles. The first-order valence-electron chi connectivity index (χ1n) is 8.40. The fourth-order valence-electron chi connectivity index (χ4n) is 2.60. The third-order valence-corrected chi connectivity index (χ3v) is 4.22. The number of benzene rings is 3. The van der Waals surface area contributed by atoms with Crippen LogP contribution in [0.4, 0.5) is 0 Å². The molecule has 4 nitrogen and oxygen atoms in total. The van der Waals surface area contributed by atoms with Crippen molar-refractivity contribution in [2.24, 2.45) is 0 Å². The van der Waals surface area contributed by atoms with Crippen LogP contribution in [0.1, 0.15) is 12.5 Å². The standard InChI is InChI=1S/C21H20ClNO3/c1-15(24)23-12-13-25-17-8-6-16(7-9-17)14-26-21-11-10-20(22)18-4-2-3-5-19(18)21/h2-11H,12-14H2,1H3,(H,23,24). The minimum atomic E-state index is -0.0594. The molecular formula is C21H20ClNO3. The molecule has 1 N–H and O–H groups in total. The predicted octanol–water partition coefficient (Wildman–Crippen LogP) is 4.59. The van der Waals surface area contributed by atoms with Crippen LogP contribution in [0.2, 0.25) is 5.02 Å². The van der Waals surface area contributed by atoms with Gasteiger partial charge in [0.15, 0.2) is 0 Å². The lowest BCUT2D eigenvalue weighted by molar-refractivity contribution is -0.119. The van der Waals surface area contributed by atoms with Crippen molar-refractivity contribution < 1.29 is 14.3 Å². The Morgan fingerprint density at radius 3 is 2.42 bits per heavy atom. The zero-order valence-corrected chi connectivity index (χ0v) is 15.3. The SMILES string of the molecule is CC(=O)NCCOc1ccc(COc2ccc(Cl)c3ccccc23)cc1. The molecule has 0 spiro atoms. The van der Waals surface area contributed by atoms with E-state index in [-0.39, 0.29) is 5.91 Å². The van der Waals surface area contributed by atoms with Crippen molar-refractivity contribution >= 4 is 28.3 Å². The van der Waals surface area contributed by atoms with Crippen LogP contribution in [0.3, 0.4) is 0 Å². The van der Waals surface area contributed by atoms with Gasteiger partial charge in [-0.1, -0.05) is 48.0 Å². The Morgan fingerprint density at radius 2 is 1.69 bits per heavy atom. The summed E-state index contributed by atoms with van der Waals surface area (Å²) in [7, 11) is 0. The van der Waals surface area contributed by atoms with Crippen LogP contribution < -0.4 is 14.8 Å². The monoisotopic (exact) mass is 369 g/mol. The first-order chi connectivity index (χ1) is 12.6. The number of hydrogen-bond donors (Lipinski definition) is 1. The third kappa shape index (κ3) is 4.67. The van der Waals surface area contributed by atoms with Gasteiger partial charge >= 0.3 is 0 Å². The highest BCUT2D eigenvalue weighted by molar-refractivity contribution is 6.35. The maximum atomic E-state index is 10.8. The number of nitrogens with one attached hydrogen (secondary N) is 1. The highest BCUT2D eigenvalue weighted by atomic mass is 35.5. The molecule has 0 unspecified atom stereocenters. The first kappa shape index (κ1) is 18.1. The van der Waals surface area contributed by atoms with Gasteiger partial charge in [0, 0.05) is 22.7 Å². The van der Waals surface area contributed by atoms with Gasteiger partial charge in [-0.15, -0.1) is 0 Å². The van der Waals surface area contributed by atoms with Gasteiger partial charge in [0.2, 0.25) is 5.91 Å². The number of carbonyl (C=O) groups excluding carboxylic acids is 1. The topological polar surface area (TPSA) is 47.6 Å². The minimum Gasteiger partial charge on any atom is -0.492 e. The van der Waals surface area contributed by atoms with Gasteiger partial charge in [0.05, 0.1) is 6.54 Å². The van der Waals surface area contributed by atoms with E-state index in [1.807, 2.05) is 60.7 Å². The second-order valence-electron chi connectivity index (χ2n) is 5.86. The summed E-state index contributed by atoms with van der Waals surface area (Å²) in [6.07, 6.45) is 0. The molecule has 0 atom stereocenters. The predicted molar refractivity (Wildman–Crippen MR) is 104 cm³/mol. The number of fused-ring (bicyclic) bond motifs is 1. The van der Waals surface area contributed by atoms with Crippen molar-refractivity contribution in [2.45, 2.75) is 13.5 Å². The van der Waals surface area contributed by atoms with E-state index in [0.29, 0.717) is 24.8 Å².